The van der Waals surface area contributed by atoms with Gasteiger partial charge >= 0.3 is 5.97 Å². The summed E-state index contributed by atoms with van der Waals surface area (Å²) in [6.45, 7) is 4.93. The number of carbonyl (C=O) groups excluding carboxylic acids is 1. The van der Waals surface area contributed by atoms with E-state index in [0.29, 0.717) is 18.8 Å². The molecular formula is C20H24FNO4. The van der Waals surface area contributed by atoms with E-state index >= 15 is 0 Å². The molecule has 2 aromatic carbocycles. The summed E-state index contributed by atoms with van der Waals surface area (Å²) in [6, 6.07) is 8.91. The predicted octanol–water partition coefficient (Wildman–Crippen LogP) is 3.29. The SMILES string of the molecule is COC(=O)COc1c(C)cc(CNCc2ccc(OC)c(F)c2)cc1C. The van der Waals surface area contributed by atoms with Crippen LogP contribution in [0.5, 0.6) is 11.5 Å². The predicted molar refractivity (Wildman–Crippen MR) is 96.9 cm³/mol. The van der Waals surface area contributed by atoms with Crippen LogP contribution in [0.25, 0.3) is 0 Å². The molecule has 0 atom stereocenters. The van der Waals surface area contributed by atoms with Gasteiger partial charge in [-0.1, -0.05) is 18.2 Å². The van der Waals surface area contributed by atoms with E-state index in [0.717, 1.165) is 22.3 Å². The van der Waals surface area contributed by atoms with Crippen LogP contribution in [-0.4, -0.2) is 26.8 Å². The van der Waals surface area contributed by atoms with Crippen LogP contribution in [0.4, 0.5) is 4.39 Å². The Balaban J connectivity index is 1.95. The van der Waals surface area contributed by atoms with Gasteiger partial charge in [0.05, 0.1) is 14.2 Å². The van der Waals surface area contributed by atoms with Gasteiger partial charge < -0.3 is 19.5 Å². The lowest BCUT2D eigenvalue weighted by Crippen LogP contribution is -2.15. The zero-order valence-electron chi connectivity index (χ0n) is 15.5. The molecular weight excluding hydrogens is 337 g/mol. The number of methoxy groups -OCH3 is 2. The zero-order chi connectivity index (χ0) is 19.1. The molecule has 0 aromatic heterocycles. The first-order chi connectivity index (χ1) is 12.4. The zero-order valence-corrected chi connectivity index (χ0v) is 15.5. The number of ether oxygens (including phenoxy) is 3. The fourth-order valence-electron chi connectivity index (χ4n) is 2.73. The van der Waals surface area contributed by atoms with Crippen molar-refractivity contribution in [2.45, 2.75) is 26.9 Å². The van der Waals surface area contributed by atoms with Gasteiger partial charge in [-0.2, -0.15) is 0 Å². The van der Waals surface area contributed by atoms with Gasteiger partial charge in [0.25, 0.3) is 0 Å². The fourth-order valence-corrected chi connectivity index (χ4v) is 2.73. The van der Waals surface area contributed by atoms with Gasteiger partial charge in [-0.25, -0.2) is 9.18 Å². The van der Waals surface area contributed by atoms with Gasteiger partial charge in [-0.15, -0.1) is 0 Å². The van der Waals surface area contributed by atoms with Crippen LogP contribution in [0, 0.1) is 19.7 Å². The molecule has 0 aliphatic heterocycles. The van der Waals surface area contributed by atoms with Crippen molar-refractivity contribution >= 4 is 5.97 Å². The van der Waals surface area contributed by atoms with E-state index < -0.39 is 5.97 Å². The van der Waals surface area contributed by atoms with Gasteiger partial charge in [0.15, 0.2) is 18.2 Å². The van der Waals surface area contributed by atoms with Crippen LogP contribution in [-0.2, 0) is 22.6 Å². The summed E-state index contributed by atoms with van der Waals surface area (Å²) in [7, 11) is 2.77. The van der Waals surface area contributed by atoms with Crippen LogP contribution in [0.1, 0.15) is 22.3 Å². The summed E-state index contributed by atoms with van der Waals surface area (Å²) in [5.41, 5.74) is 3.82. The molecule has 0 amide bonds. The fraction of sp³-hybridized carbons (Fsp3) is 0.350. The Bertz CT molecular complexity index is 753. The summed E-state index contributed by atoms with van der Waals surface area (Å²) >= 11 is 0. The summed E-state index contributed by atoms with van der Waals surface area (Å²) in [4.78, 5) is 11.2. The van der Waals surface area contributed by atoms with Gasteiger partial charge in [-0.05, 0) is 48.2 Å². The standard InChI is InChI=1S/C20H24FNO4/c1-13-7-16(8-14(2)20(13)26-12-19(23)25-4)11-22-10-15-5-6-18(24-3)17(21)9-15/h5-9,22H,10-12H2,1-4H3. The van der Waals surface area contributed by atoms with E-state index in [1.165, 1.54) is 20.3 Å². The van der Waals surface area contributed by atoms with Crippen molar-refractivity contribution in [2.75, 3.05) is 20.8 Å². The van der Waals surface area contributed by atoms with Crippen LogP contribution in [0.2, 0.25) is 0 Å². The molecule has 0 saturated heterocycles. The summed E-state index contributed by atoms with van der Waals surface area (Å²) in [5.74, 6) is 0.144. The Kier molecular flexibility index (Phi) is 6.97. The lowest BCUT2D eigenvalue weighted by Gasteiger charge is -2.14. The molecule has 0 aliphatic rings. The average Bonchev–Trinajstić information content (AvgIpc) is 2.61. The molecule has 2 aromatic rings. The quantitative estimate of drug-likeness (QED) is 0.731. The monoisotopic (exact) mass is 361 g/mol. The molecule has 26 heavy (non-hydrogen) atoms. The maximum absolute atomic E-state index is 13.7. The Morgan fingerprint density at radius 1 is 1.04 bits per heavy atom. The number of aryl methyl sites for hydroxylation is 2. The first-order valence-corrected chi connectivity index (χ1v) is 8.27. The van der Waals surface area contributed by atoms with E-state index in [2.05, 4.69) is 10.1 Å². The second-order valence-electron chi connectivity index (χ2n) is 6.00. The Labute approximate surface area is 153 Å². The van der Waals surface area contributed by atoms with Crippen molar-refractivity contribution in [2.24, 2.45) is 0 Å². The molecule has 0 fully saturated rings. The number of esters is 1. The summed E-state index contributed by atoms with van der Waals surface area (Å²) in [6.07, 6.45) is 0. The Morgan fingerprint density at radius 3 is 2.27 bits per heavy atom. The number of rotatable bonds is 8. The molecule has 0 unspecified atom stereocenters. The second kappa shape index (κ2) is 9.20. The maximum Gasteiger partial charge on any atom is 0.343 e. The molecule has 0 bridgehead atoms. The van der Waals surface area contributed by atoms with Crippen LogP contribution in [0.3, 0.4) is 0 Å². The third kappa shape index (κ3) is 5.20. The minimum Gasteiger partial charge on any atom is -0.494 e. The largest absolute Gasteiger partial charge is 0.494 e. The van der Waals surface area contributed by atoms with Gasteiger partial charge in [0.1, 0.15) is 5.75 Å². The van der Waals surface area contributed by atoms with Crippen molar-refractivity contribution in [1.82, 2.24) is 5.32 Å². The van der Waals surface area contributed by atoms with E-state index in [-0.39, 0.29) is 18.2 Å². The topological polar surface area (TPSA) is 56.8 Å². The average molecular weight is 361 g/mol. The van der Waals surface area contributed by atoms with Gasteiger partial charge in [0.2, 0.25) is 0 Å². The molecule has 0 heterocycles. The smallest absolute Gasteiger partial charge is 0.343 e. The molecule has 2 rings (SSSR count). The lowest BCUT2D eigenvalue weighted by atomic mass is 10.1. The Hall–Kier alpha value is -2.60. The number of hydrogen-bond acceptors (Lipinski definition) is 5. The van der Waals surface area contributed by atoms with Crippen LogP contribution < -0.4 is 14.8 Å². The highest BCUT2D eigenvalue weighted by Gasteiger charge is 2.09. The third-order valence-electron chi connectivity index (χ3n) is 3.96. The van der Waals surface area contributed by atoms with E-state index in [1.54, 1.807) is 6.07 Å². The van der Waals surface area contributed by atoms with E-state index in [9.17, 15) is 9.18 Å². The molecule has 140 valence electrons. The number of halogens is 1. The molecule has 5 nitrogen and oxygen atoms in total. The molecule has 1 N–H and O–H groups in total. The molecule has 6 heteroatoms. The molecule has 0 radical (unpaired) electrons. The van der Waals surface area contributed by atoms with E-state index in [4.69, 9.17) is 9.47 Å². The molecule has 0 spiro atoms. The van der Waals surface area contributed by atoms with Gasteiger partial charge in [0, 0.05) is 13.1 Å². The van der Waals surface area contributed by atoms with Crippen molar-refractivity contribution < 1.29 is 23.4 Å². The Morgan fingerprint density at radius 2 is 1.69 bits per heavy atom. The first kappa shape index (κ1) is 19.7. The molecule has 0 saturated carbocycles. The highest BCUT2D eigenvalue weighted by Crippen LogP contribution is 2.25. The highest BCUT2D eigenvalue weighted by molar-refractivity contribution is 5.71. The minimum atomic E-state index is -0.415. The van der Waals surface area contributed by atoms with Crippen LogP contribution >= 0.6 is 0 Å². The van der Waals surface area contributed by atoms with Gasteiger partial charge in [-0.3, -0.25) is 0 Å². The number of benzene rings is 2. The van der Waals surface area contributed by atoms with Crippen LogP contribution in [0.15, 0.2) is 30.3 Å². The number of nitrogens with one attached hydrogen (secondary N) is 1. The summed E-state index contributed by atoms with van der Waals surface area (Å²) < 4.78 is 28.7. The number of carbonyl (C=O) groups is 1. The normalized spacial score (nSPS) is 10.5. The van der Waals surface area contributed by atoms with Crippen molar-refractivity contribution in [3.8, 4) is 11.5 Å². The highest BCUT2D eigenvalue weighted by atomic mass is 19.1. The third-order valence-corrected chi connectivity index (χ3v) is 3.96. The molecule has 0 aliphatic carbocycles. The maximum atomic E-state index is 13.7. The van der Waals surface area contributed by atoms with E-state index in [1.807, 2.05) is 32.0 Å². The number of hydrogen-bond donors (Lipinski definition) is 1. The summed E-state index contributed by atoms with van der Waals surface area (Å²) in [5, 5.41) is 3.29. The lowest BCUT2D eigenvalue weighted by molar-refractivity contribution is -0.142. The second-order valence-corrected chi connectivity index (χ2v) is 6.00. The van der Waals surface area contributed by atoms with Crippen molar-refractivity contribution in [1.29, 1.82) is 0 Å². The van der Waals surface area contributed by atoms with Crippen molar-refractivity contribution in [3.05, 3.63) is 58.4 Å². The first-order valence-electron chi connectivity index (χ1n) is 8.27. The van der Waals surface area contributed by atoms with Crippen molar-refractivity contribution in [3.63, 3.8) is 0 Å². The minimum absolute atomic E-state index is 0.112.